The Bertz CT molecular complexity index is 445. The molecule has 2 rings (SSSR count). The quantitative estimate of drug-likeness (QED) is 0.679. The molecule has 3 nitrogen and oxygen atoms in total. The van der Waals surface area contributed by atoms with Gasteiger partial charge in [-0.05, 0) is 24.6 Å². The number of aromatic amines is 1. The summed E-state index contributed by atoms with van der Waals surface area (Å²) >= 11 is 0. The molecule has 0 aliphatic heterocycles. The SMILES string of the molecule is CC.Cc1ccc2[nH]c(=O)oc2c1.[HH]. The van der Waals surface area contributed by atoms with Crippen LogP contribution in [0.3, 0.4) is 0 Å². The van der Waals surface area contributed by atoms with Crippen molar-refractivity contribution in [2.24, 2.45) is 0 Å². The van der Waals surface area contributed by atoms with Gasteiger partial charge in [-0.25, -0.2) is 4.79 Å². The third kappa shape index (κ3) is 1.99. The third-order valence-corrected chi connectivity index (χ3v) is 1.58. The van der Waals surface area contributed by atoms with Crippen LogP contribution in [0.15, 0.2) is 27.4 Å². The van der Waals surface area contributed by atoms with E-state index in [4.69, 9.17) is 4.42 Å². The average molecular weight is 181 g/mol. The lowest BCUT2D eigenvalue weighted by molar-refractivity contribution is 0.555. The van der Waals surface area contributed by atoms with E-state index in [-0.39, 0.29) is 1.43 Å². The number of benzene rings is 1. The van der Waals surface area contributed by atoms with Gasteiger partial charge in [0, 0.05) is 1.43 Å². The van der Waals surface area contributed by atoms with Gasteiger partial charge in [-0.1, -0.05) is 19.9 Å². The number of rotatable bonds is 0. The van der Waals surface area contributed by atoms with Gasteiger partial charge in [0.15, 0.2) is 5.58 Å². The van der Waals surface area contributed by atoms with E-state index in [2.05, 4.69) is 4.98 Å². The molecule has 0 unspecified atom stereocenters. The molecule has 0 amide bonds. The Morgan fingerprint density at radius 1 is 1.38 bits per heavy atom. The van der Waals surface area contributed by atoms with Crippen molar-refractivity contribution in [2.45, 2.75) is 20.8 Å². The van der Waals surface area contributed by atoms with Gasteiger partial charge in [0.1, 0.15) is 0 Å². The smallest absolute Gasteiger partial charge is 0.408 e. The first-order valence-electron chi connectivity index (χ1n) is 4.35. The lowest BCUT2D eigenvalue weighted by Crippen LogP contribution is -1.92. The normalized spacial score (nSPS) is 9.46. The molecule has 0 aliphatic rings. The summed E-state index contributed by atoms with van der Waals surface area (Å²) in [6.45, 7) is 5.95. The lowest BCUT2D eigenvalue weighted by atomic mass is 10.2. The maximum absolute atomic E-state index is 10.7. The molecule has 0 bridgehead atoms. The molecule has 1 aromatic carbocycles. The largest absolute Gasteiger partial charge is 0.417 e. The number of fused-ring (bicyclic) bond motifs is 1. The second kappa shape index (κ2) is 3.94. The van der Waals surface area contributed by atoms with Crippen LogP contribution in [0.25, 0.3) is 11.1 Å². The monoisotopic (exact) mass is 181 g/mol. The van der Waals surface area contributed by atoms with E-state index in [0.717, 1.165) is 11.1 Å². The number of nitrogens with one attached hydrogen (secondary N) is 1. The van der Waals surface area contributed by atoms with Crippen LogP contribution in [0.1, 0.15) is 20.8 Å². The highest BCUT2D eigenvalue weighted by molar-refractivity contribution is 5.72. The van der Waals surface area contributed by atoms with Gasteiger partial charge in [0.05, 0.1) is 5.52 Å². The Morgan fingerprint density at radius 3 is 2.77 bits per heavy atom. The Morgan fingerprint density at radius 2 is 2.08 bits per heavy atom. The molecule has 13 heavy (non-hydrogen) atoms. The molecule has 1 heterocycles. The molecule has 0 aliphatic carbocycles. The summed E-state index contributed by atoms with van der Waals surface area (Å²) in [4.78, 5) is 13.2. The summed E-state index contributed by atoms with van der Waals surface area (Å²) in [5.74, 6) is -0.398. The molecule has 72 valence electrons. The van der Waals surface area contributed by atoms with Crippen LogP contribution in [0, 0.1) is 6.92 Å². The Labute approximate surface area is 77.9 Å². The van der Waals surface area contributed by atoms with Crippen LogP contribution in [0.5, 0.6) is 0 Å². The highest BCUT2D eigenvalue weighted by Crippen LogP contribution is 2.10. The van der Waals surface area contributed by atoms with E-state index in [1.54, 1.807) is 0 Å². The Hall–Kier alpha value is -1.51. The molecule has 0 saturated heterocycles. The average Bonchev–Trinajstić information content (AvgIpc) is 2.48. The molecule has 1 aromatic heterocycles. The summed E-state index contributed by atoms with van der Waals surface area (Å²) < 4.78 is 4.84. The summed E-state index contributed by atoms with van der Waals surface area (Å²) in [5, 5.41) is 0. The minimum atomic E-state index is -0.398. The van der Waals surface area contributed by atoms with Gasteiger partial charge in [0.2, 0.25) is 0 Å². The lowest BCUT2D eigenvalue weighted by Gasteiger charge is -1.87. The standard InChI is InChI=1S/C8H7NO2.C2H6.H2/c1-5-2-3-6-7(4-5)11-8(10)9-6;1-2;/h2-4H,1H3,(H,9,10);1-2H3;1H. The van der Waals surface area contributed by atoms with Gasteiger partial charge < -0.3 is 4.42 Å². The molecule has 0 fully saturated rings. The van der Waals surface area contributed by atoms with Crippen LogP contribution in [0.2, 0.25) is 0 Å². The number of aromatic nitrogens is 1. The first kappa shape index (κ1) is 9.58. The van der Waals surface area contributed by atoms with Gasteiger partial charge in [-0.3, -0.25) is 4.98 Å². The van der Waals surface area contributed by atoms with Crippen molar-refractivity contribution in [1.82, 2.24) is 4.98 Å². The molecular formula is C10H15NO2. The van der Waals surface area contributed by atoms with Crippen LogP contribution in [-0.4, -0.2) is 4.98 Å². The molecule has 0 radical (unpaired) electrons. The summed E-state index contributed by atoms with van der Waals surface area (Å²) in [6.07, 6.45) is 0. The second-order valence-corrected chi connectivity index (χ2v) is 2.51. The minimum absolute atomic E-state index is 0. The van der Waals surface area contributed by atoms with E-state index >= 15 is 0 Å². The zero-order valence-corrected chi connectivity index (χ0v) is 8.05. The molecule has 1 N–H and O–H groups in total. The fourth-order valence-corrected chi connectivity index (χ4v) is 1.05. The van der Waals surface area contributed by atoms with Gasteiger partial charge >= 0.3 is 5.76 Å². The summed E-state index contributed by atoms with van der Waals surface area (Å²) in [6, 6.07) is 5.58. The fourth-order valence-electron chi connectivity index (χ4n) is 1.05. The maximum atomic E-state index is 10.7. The molecule has 3 heteroatoms. The molecule has 2 aromatic rings. The second-order valence-electron chi connectivity index (χ2n) is 2.51. The zero-order chi connectivity index (χ0) is 9.84. The molecule has 0 saturated carbocycles. The van der Waals surface area contributed by atoms with Gasteiger partial charge in [0.25, 0.3) is 0 Å². The number of H-pyrrole nitrogens is 1. The zero-order valence-electron chi connectivity index (χ0n) is 8.05. The topological polar surface area (TPSA) is 46.0 Å². The van der Waals surface area contributed by atoms with Crippen molar-refractivity contribution >= 4 is 11.1 Å². The first-order valence-corrected chi connectivity index (χ1v) is 4.35. The van der Waals surface area contributed by atoms with Crippen molar-refractivity contribution in [1.29, 1.82) is 0 Å². The highest BCUT2D eigenvalue weighted by atomic mass is 16.4. The van der Waals surface area contributed by atoms with Crippen molar-refractivity contribution < 1.29 is 5.84 Å². The first-order chi connectivity index (χ1) is 6.25. The summed E-state index contributed by atoms with van der Waals surface area (Å²) in [5.41, 5.74) is 2.45. The number of hydrogen-bond donors (Lipinski definition) is 1. The van der Waals surface area contributed by atoms with Gasteiger partial charge in [-0.2, -0.15) is 0 Å². The van der Waals surface area contributed by atoms with E-state index < -0.39 is 5.76 Å². The van der Waals surface area contributed by atoms with Crippen LogP contribution >= 0.6 is 0 Å². The van der Waals surface area contributed by atoms with Gasteiger partial charge in [-0.15, -0.1) is 0 Å². The Balaban J connectivity index is 0.000000531. The predicted octanol–water partition coefficient (Wildman–Crippen LogP) is 2.70. The predicted molar refractivity (Wildman–Crippen MR) is 55.0 cm³/mol. The van der Waals surface area contributed by atoms with E-state index in [0.29, 0.717) is 5.58 Å². The van der Waals surface area contributed by atoms with Crippen molar-refractivity contribution in [2.75, 3.05) is 0 Å². The van der Waals surface area contributed by atoms with Crippen LogP contribution < -0.4 is 5.76 Å². The van der Waals surface area contributed by atoms with Crippen molar-refractivity contribution in [3.8, 4) is 0 Å². The molecule has 0 spiro atoms. The Kier molecular flexibility index (Phi) is 2.90. The highest BCUT2D eigenvalue weighted by Gasteiger charge is 1.98. The third-order valence-electron chi connectivity index (χ3n) is 1.58. The summed E-state index contributed by atoms with van der Waals surface area (Å²) in [7, 11) is 0. The molecule has 0 atom stereocenters. The maximum Gasteiger partial charge on any atom is 0.417 e. The minimum Gasteiger partial charge on any atom is -0.408 e. The number of hydrogen-bond acceptors (Lipinski definition) is 2. The number of aryl methyl sites for hydroxylation is 1. The van der Waals surface area contributed by atoms with Crippen LogP contribution in [-0.2, 0) is 0 Å². The van der Waals surface area contributed by atoms with Crippen LogP contribution in [0.4, 0.5) is 0 Å². The van der Waals surface area contributed by atoms with E-state index in [9.17, 15) is 4.79 Å². The van der Waals surface area contributed by atoms with E-state index in [1.165, 1.54) is 0 Å². The van der Waals surface area contributed by atoms with Crippen molar-refractivity contribution in [3.05, 3.63) is 34.3 Å². The fraction of sp³-hybridized carbons (Fsp3) is 0.300. The van der Waals surface area contributed by atoms with Crippen molar-refractivity contribution in [3.63, 3.8) is 0 Å². The van der Waals surface area contributed by atoms with E-state index in [1.807, 2.05) is 39.0 Å². The molecular weight excluding hydrogens is 166 g/mol. The number of oxazole rings is 1.